The summed E-state index contributed by atoms with van der Waals surface area (Å²) in [5, 5.41) is 2.75. The standard InChI is InChI=1S/C19H19NO3/c1-14-8-6-7-11-17(14)20-19(22)15(2)23-18(21)13-12-16-9-4-3-5-10-16/h3-13,15H,1-2H3,(H,20,22). The maximum absolute atomic E-state index is 12.1. The second-order valence-corrected chi connectivity index (χ2v) is 5.13. The minimum Gasteiger partial charge on any atom is -0.449 e. The Morgan fingerprint density at radius 2 is 1.70 bits per heavy atom. The topological polar surface area (TPSA) is 55.4 Å². The number of benzene rings is 2. The van der Waals surface area contributed by atoms with E-state index in [2.05, 4.69) is 5.32 Å². The number of amides is 1. The molecule has 0 aliphatic heterocycles. The number of hydrogen-bond donors (Lipinski definition) is 1. The van der Waals surface area contributed by atoms with Crippen LogP contribution in [0.4, 0.5) is 5.69 Å². The van der Waals surface area contributed by atoms with Crippen molar-refractivity contribution in [2.75, 3.05) is 5.32 Å². The van der Waals surface area contributed by atoms with Gasteiger partial charge in [-0.3, -0.25) is 4.79 Å². The number of esters is 1. The first-order valence-electron chi connectivity index (χ1n) is 7.36. The van der Waals surface area contributed by atoms with Gasteiger partial charge in [-0.05, 0) is 37.1 Å². The zero-order chi connectivity index (χ0) is 16.7. The maximum Gasteiger partial charge on any atom is 0.331 e. The van der Waals surface area contributed by atoms with Gasteiger partial charge in [0.15, 0.2) is 6.10 Å². The highest BCUT2D eigenvalue weighted by molar-refractivity contribution is 5.97. The van der Waals surface area contributed by atoms with Crippen LogP contribution in [0.1, 0.15) is 18.1 Å². The summed E-state index contributed by atoms with van der Waals surface area (Å²) in [5.74, 6) is -0.915. The van der Waals surface area contributed by atoms with Crippen LogP contribution in [0.2, 0.25) is 0 Å². The largest absolute Gasteiger partial charge is 0.449 e. The molecular weight excluding hydrogens is 290 g/mol. The number of nitrogens with one attached hydrogen (secondary N) is 1. The number of aryl methyl sites for hydroxylation is 1. The Morgan fingerprint density at radius 1 is 1.04 bits per heavy atom. The Balaban J connectivity index is 1.89. The van der Waals surface area contributed by atoms with Gasteiger partial charge in [0.05, 0.1) is 0 Å². The lowest BCUT2D eigenvalue weighted by molar-refractivity contribution is -0.148. The molecule has 2 rings (SSSR count). The van der Waals surface area contributed by atoms with Crippen molar-refractivity contribution in [3.8, 4) is 0 Å². The predicted octanol–water partition coefficient (Wildman–Crippen LogP) is 3.58. The summed E-state index contributed by atoms with van der Waals surface area (Å²) in [4.78, 5) is 23.8. The first-order chi connectivity index (χ1) is 11.1. The number of carbonyl (C=O) groups is 2. The highest BCUT2D eigenvalue weighted by Gasteiger charge is 2.17. The van der Waals surface area contributed by atoms with Gasteiger partial charge in [-0.15, -0.1) is 0 Å². The van der Waals surface area contributed by atoms with E-state index in [4.69, 9.17) is 4.74 Å². The molecule has 23 heavy (non-hydrogen) atoms. The fraction of sp³-hybridized carbons (Fsp3) is 0.158. The zero-order valence-electron chi connectivity index (χ0n) is 13.2. The van der Waals surface area contributed by atoms with Crippen molar-refractivity contribution < 1.29 is 14.3 Å². The van der Waals surface area contributed by atoms with Gasteiger partial charge in [-0.25, -0.2) is 4.79 Å². The van der Waals surface area contributed by atoms with Crippen LogP contribution in [0.3, 0.4) is 0 Å². The highest BCUT2D eigenvalue weighted by Crippen LogP contribution is 2.13. The fourth-order valence-corrected chi connectivity index (χ4v) is 1.94. The van der Waals surface area contributed by atoms with Crippen molar-refractivity contribution in [2.24, 2.45) is 0 Å². The minimum absolute atomic E-state index is 0.360. The van der Waals surface area contributed by atoms with E-state index in [1.54, 1.807) is 19.1 Å². The molecule has 0 bridgehead atoms. The van der Waals surface area contributed by atoms with E-state index in [0.717, 1.165) is 11.1 Å². The summed E-state index contributed by atoms with van der Waals surface area (Å²) in [5.41, 5.74) is 2.55. The van der Waals surface area contributed by atoms with E-state index < -0.39 is 12.1 Å². The average Bonchev–Trinajstić information content (AvgIpc) is 2.56. The molecule has 0 saturated carbocycles. The van der Waals surface area contributed by atoms with Crippen molar-refractivity contribution in [3.05, 3.63) is 71.8 Å². The van der Waals surface area contributed by atoms with Crippen molar-refractivity contribution in [2.45, 2.75) is 20.0 Å². The molecule has 2 aromatic carbocycles. The van der Waals surface area contributed by atoms with Crippen LogP contribution in [0.25, 0.3) is 6.08 Å². The third-order valence-corrected chi connectivity index (χ3v) is 3.28. The quantitative estimate of drug-likeness (QED) is 0.678. The Morgan fingerprint density at radius 3 is 2.39 bits per heavy atom. The van der Waals surface area contributed by atoms with E-state index in [1.807, 2.05) is 55.5 Å². The third kappa shape index (κ3) is 5.11. The molecule has 0 aliphatic rings. The molecule has 0 spiro atoms. The van der Waals surface area contributed by atoms with Gasteiger partial charge in [0.1, 0.15) is 0 Å². The van der Waals surface area contributed by atoms with Crippen LogP contribution in [0.5, 0.6) is 0 Å². The Kier molecular flexibility index (Phi) is 5.69. The SMILES string of the molecule is Cc1ccccc1NC(=O)C(C)OC(=O)C=Cc1ccccc1. The van der Waals surface area contributed by atoms with Crippen LogP contribution in [0, 0.1) is 6.92 Å². The Labute approximate surface area is 135 Å². The lowest BCUT2D eigenvalue weighted by atomic mass is 10.2. The van der Waals surface area contributed by atoms with Crippen LogP contribution in [-0.4, -0.2) is 18.0 Å². The van der Waals surface area contributed by atoms with Crippen molar-refractivity contribution in [1.82, 2.24) is 0 Å². The van der Waals surface area contributed by atoms with E-state index in [0.29, 0.717) is 5.69 Å². The summed E-state index contributed by atoms with van der Waals surface area (Å²) in [7, 11) is 0. The number of anilines is 1. The van der Waals surface area contributed by atoms with Gasteiger partial charge in [0.25, 0.3) is 5.91 Å². The summed E-state index contributed by atoms with van der Waals surface area (Å²) in [6.45, 7) is 3.44. The first kappa shape index (κ1) is 16.5. The second kappa shape index (κ2) is 7.94. The van der Waals surface area contributed by atoms with E-state index in [1.165, 1.54) is 6.08 Å². The van der Waals surface area contributed by atoms with Gasteiger partial charge in [-0.1, -0.05) is 48.5 Å². The number of rotatable bonds is 5. The van der Waals surface area contributed by atoms with Gasteiger partial charge in [0, 0.05) is 11.8 Å². The van der Waals surface area contributed by atoms with E-state index >= 15 is 0 Å². The molecule has 0 aromatic heterocycles. The van der Waals surface area contributed by atoms with Gasteiger partial charge in [0.2, 0.25) is 0 Å². The van der Waals surface area contributed by atoms with E-state index in [9.17, 15) is 9.59 Å². The van der Waals surface area contributed by atoms with Crippen molar-refractivity contribution in [3.63, 3.8) is 0 Å². The molecule has 1 unspecified atom stereocenters. The summed E-state index contributed by atoms with van der Waals surface area (Å²) >= 11 is 0. The molecule has 0 fully saturated rings. The first-order valence-corrected chi connectivity index (χ1v) is 7.36. The zero-order valence-corrected chi connectivity index (χ0v) is 13.2. The van der Waals surface area contributed by atoms with Crippen molar-refractivity contribution >= 4 is 23.6 Å². The molecule has 1 N–H and O–H groups in total. The van der Waals surface area contributed by atoms with Gasteiger partial charge in [-0.2, -0.15) is 0 Å². The highest BCUT2D eigenvalue weighted by atomic mass is 16.5. The molecule has 0 saturated heterocycles. The second-order valence-electron chi connectivity index (χ2n) is 5.13. The number of ether oxygens (including phenoxy) is 1. The molecular formula is C19H19NO3. The molecule has 0 heterocycles. The van der Waals surface area contributed by atoms with Gasteiger partial charge >= 0.3 is 5.97 Å². The predicted molar refractivity (Wildman–Crippen MR) is 90.8 cm³/mol. The van der Waals surface area contributed by atoms with Crippen LogP contribution < -0.4 is 5.32 Å². The van der Waals surface area contributed by atoms with Crippen LogP contribution in [0.15, 0.2) is 60.7 Å². The van der Waals surface area contributed by atoms with Crippen molar-refractivity contribution in [1.29, 1.82) is 0 Å². The summed E-state index contributed by atoms with van der Waals surface area (Å²) in [6.07, 6.45) is 2.09. The van der Waals surface area contributed by atoms with E-state index in [-0.39, 0.29) is 5.91 Å². The summed E-state index contributed by atoms with van der Waals surface area (Å²) < 4.78 is 5.11. The van der Waals surface area contributed by atoms with Crippen LogP contribution in [-0.2, 0) is 14.3 Å². The molecule has 118 valence electrons. The maximum atomic E-state index is 12.1. The molecule has 4 nitrogen and oxygen atoms in total. The lowest BCUT2D eigenvalue weighted by Crippen LogP contribution is -2.29. The average molecular weight is 309 g/mol. The molecule has 2 aromatic rings. The van der Waals surface area contributed by atoms with Gasteiger partial charge < -0.3 is 10.1 Å². The minimum atomic E-state index is -0.873. The number of hydrogen-bond acceptors (Lipinski definition) is 3. The molecule has 1 amide bonds. The molecule has 4 heteroatoms. The Hall–Kier alpha value is -2.88. The lowest BCUT2D eigenvalue weighted by Gasteiger charge is -2.13. The van der Waals surface area contributed by atoms with Crippen LogP contribution >= 0.6 is 0 Å². The number of carbonyl (C=O) groups excluding carboxylic acids is 2. The monoisotopic (exact) mass is 309 g/mol. The normalized spacial score (nSPS) is 11.9. The fourth-order valence-electron chi connectivity index (χ4n) is 1.94. The molecule has 1 atom stereocenters. The smallest absolute Gasteiger partial charge is 0.331 e. The number of para-hydroxylation sites is 1. The third-order valence-electron chi connectivity index (χ3n) is 3.28. The molecule has 0 radical (unpaired) electrons. The summed E-state index contributed by atoms with van der Waals surface area (Å²) in [6, 6.07) is 16.8. The Bertz CT molecular complexity index is 708. The molecule has 0 aliphatic carbocycles.